The normalized spacial score (nSPS) is 9.82. The quantitative estimate of drug-likeness (QED) is 0.109. The Hall–Kier alpha value is -9.28. The number of hydrogen-bond donors (Lipinski definition) is 0. The Balaban J connectivity index is 0.000000164. The maximum absolute atomic E-state index is 4.22. The van der Waals surface area contributed by atoms with Crippen LogP contribution in [0.1, 0.15) is 0 Å². The van der Waals surface area contributed by atoms with Gasteiger partial charge in [-0.1, -0.05) is 218 Å². The summed E-state index contributed by atoms with van der Waals surface area (Å²) < 4.78 is 0. The molecule has 0 N–H and O–H groups in total. The summed E-state index contributed by atoms with van der Waals surface area (Å²) in [6, 6.07) is 88.3. The zero-order valence-corrected chi connectivity index (χ0v) is 46.8. The Morgan fingerprint density at radius 3 is 0.456 bits per heavy atom. The average Bonchev–Trinajstić information content (AvgIpc) is 3.60. The van der Waals surface area contributed by atoms with Gasteiger partial charge in [-0.05, 0) is 98.1 Å². The molecular weight excluding hydrogens is 1140 g/mol. The first-order valence-corrected chi connectivity index (χ1v) is 24.8. The fourth-order valence-corrected chi connectivity index (χ4v) is 7.95. The Bertz CT molecular complexity index is 2800. The SMILES string of the molecule is [Mo+2].[Mo+3].c1ccc([B-](c2ccccc2)(c2ccccc2)c2ccccc2)cc1.c1ccc([N-]c2ccccn2)nc1.c1ccc([N-]c2ccccn2)nc1.c1ccc([N-]c2ccccn2)nc1.c1ccc([N-]c2ccccn2)nc1. The van der Waals surface area contributed by atoms with Gasteiger partial charge < -0.3 is 61.1 Å². The summed E-state index contributed by atoms with van der Waals surface area (Å²) in [4.78, 5) is 32.5. The molecule has 0 amide bonds. The van der Waals surface area contributed by atoms with Gasteiger partial charge in [-0.2, -0.15) is 21.9 Å². The zero-order chi connectivity index (χ0) is 52.7. The van der Waals surface area contributed by atoms with Crippen LogP contribution >= 0.6 is 0 Å². The minimum atomic E-state index is -1.22. The molecule has 8 heterocycles. The topological polar surface area (TPSA) is 160 Å². The predicted octanol–water partition coefficient (Wildman–Crippen LogP) is 14.3. The largest absolute Gasteiger partial charge is 3.00 e. The third-order valence-corrected chi connectivity index (χ3v) is 11.3. The molecule has 0 unspecified atom stereocenters. The number of nitrogens with zero attached hydrogens (tertiary/aromatic N) is 12. The molecule has 383 valence electrons. The van der Waals surface area contributed by atoms with E-state index in [9.17, 15) is 0 Å². The van der Waals surface area contributed by atoms with Crippen LogP contribution in [0.4, 0.5) is 46.5 Å². The van der Waals surface area contributed by atoms with E-state index < -0.39 is 6.15 Å². The number of hydrogen-bond acceptors (Lipinski definition) is 8. The van der Waals surface area contributed by atoms with Crippen molar-refractivity contribution in [1.82, 2.24) is 39.9 Å². The first-order valence-electron chi connectivity index (χ1n) is 24.8. The molecule has 0 aliphatic carbocycles. The maximum atomic E-state index is 4.22. The molecule has 0 fully saturated rings. The van der Waals surface area contributed by atoms with Crippen LogP contribution < -0.4 is 21.9 Å². The van der Waals surface area contributed by atoms with E-state index >= 15 is 0 Å². The fraction of sp³-hybridized carbons (Fsp3) is 0. The first-order chi connectivity index (χ1) is 38.2. The standard InChI is InChI=1S/C24H20B.4C10H8N3.2Mo/c1-5-13-21(14-6-1)25(22-15-7-2-8-16-22,23-17-9-3-10-18-23)24-19-11-4-12-20-24;4*1-3-7-11-9(5-1)13-10-6-2-4-8-12-10;;/h1-20H;4*1-8H;;/q5*-1;+2;+3. The summed E-state index contributed by atoms with van der Waals surface area (Å²) >= 11 is 0. The van der Waals surface area contributed by atoms with Crippen molar-refractivity contribution < 1.29 is 42.1 Å². The van der Waals surface area contributed by atoms with Gasteiger partial charge in [0.2, 0.25) is 0 Å². The van der Waals surface area contributed by atoms with Crippen LogP contribution in [0.2, 0.25) is 0 Å². The van der Waals surface area contributed by atoms with Gasteiger partial charge in [0, 0.05) is 46.5 Å². The predicted molar refractivity (Wildman–Crippen MR) is 315 cm³/mol. The Morgan fingerprint density at radius 2 is 0.329 bits per heavy atom. The monoisotopic (exact) mass is 1200 g/mol. The van der Waals surface area contributed by atoms with Crippen molar-refractivity contribution in [3.63, 3.8) is 0 Å². The van der Waals surface area contributed by atoms with Crippen molar-refractivity contribution in [2.75, 3.05) is 0 Å². The van der Waals surface area contributed by atoms with Crippen LogP contribution in [0.5, 0.6) is 0 Å². The summed E-state index contributed by atoms with van der Waals surface area (Å²) in [5, 5.41) is 16.9. The fourth-order valence-electron chi connectivity index (χ4n) is 7.95. The smallest absolute Gasteiger partial charge is 0.369 e. The second-order valence-corrected chi connectivity index (χ2v) is 16.5. The molecule has 12 aromatic rings. The molecule has 0 saturated heterocycles. The summed E-state index contributed by atoms with van der Waals surface area (Å²) in [5.74, 6) is 5.45. The van der Waals surface area contributed by atoms with E-state index in [1.54, 1.807) is 49.6 Å². The van der Waals surface area contributed by atoms with Crippen molar-refractivity contribution in [3.8, 4) is 0 Å². The second kappa shape index (κ2) is 33.7. The molecule has 0 aliphatic heterocycles. The number of pyridine rings is 8. The van der Waals surface area contributed by atoms with Crippen LogP contribution in [-0.2, 0) is 42.1 Å². The second-order valence-electron chi connectivity index (χ2n) is 16.5. The van der Waals surface area contributed by atoms with Crippen molar-refractivity contribution >= 4 is 74.5 Å². The van der Waals surface area contributed by atoms with Crippen LogP contribution in [-0.4, -0.2) is 46.0 Å². The van der Waals surface area contributed by atoms with E-state index in [1.165, 1.54) is 21.9 Å². The first kappa shape index (κ1) is 59.0. The molecular formula is C64H52BMo2N12. The van der Waals surface area contributed by atoms with Crippen molar-refractivity contribution in [1.29, 1.82) is 0 Å². The third-order valence-electron chi connectivity index (χ3n) is 11.3. The molecule has 4 aromatic carbocycles. The van der Waals surface area contributed by atoms with Crippen LogP contribution in [0.15, 0.2) is 316 Å². The van der Waals surface area contributed by atoms with E-state index in [0.717, 1.165) is 0 Å². The Morgan fingerprint density at radius 1 is 0.190 bits per heavy atom. The molecule has 12 rings (SSSR count). The number of aromatic nitrogens is 8. The zero-order valence-electron chi connectivity index (χ0n) is 42.8. The summed E-state index contributed by atoms with van der Waals surface area (Å²) in [6.45, 7) is 0. The molecule has 79 heavy (non-hydrogen) atoms. The van der Waals surface area contributed by atoms with E-state index in [2.05, 4.69) is 182 Å². The minimum Gasteiger partial charge on any atom is -0.369 e. The molecule has 0 bridgehead atoms. The Kier molecular flexibility index (Phi) is 25.1. The minimum absolute atomic E-state index is 0. The van der Waals surface area contributed by atoms with Crippen LogP contribution in [0.25, 0.3) is 21.3 Å². The van der Waals surface area contributed by atoms with Crippen LogP contribution in [0.3, 0.4) is 0 Å². The number of benzene rings is 4. The molecule has 0 spiro atoms. The van der Waals surface area contributed by atoms with Gasteiger partial charge in [0.15, 0.2) is 0 Å². The van der Waals surface area contributed by atoms with Gasteiger partial charge in [-0.25, -0.2) is 0 Å². The number of rotatable bonds is 12. The van der Waals surface area contributed by atoms with E-state index in [0.29, 0.717) is 46.5 Å². The van der Waals surface area contributed by atoms with Gasteiger partial charge >= 0.3 is 42.1 Å². The average molecular weight is 1190 g/mol. The van der Waals surface area contributed by atoms with Crippen molar-refractivity contribution in [2.45, 2.75) is 0 Å². The molecule has 0 atom stereocenters. The van der Waals surface area contributed by atoms with Gasteiger partial charge in [0.05, 0.1) is 0 Å². The summed E-state index contributed by atoms with van der Waals surface area (Å²) in [7, 11) is 0. The van der Waals surface area contributed by atoms with E-state index in [4.69, 9.17) is 0 Å². The van der Waals surface area contributed by atoms with Gasteiger partial charge in [-0.15, -0.1) is 0 Å². The molecule has 0 saturated carbocycles. The van der Waals surface area contributed by atoms with Crippen LogP contribution in [0, 0.1) is 0 Å². The molecule has 8 aromatic heterocycles. The molecule has 0 aliphatic rings. The van der Waals surface area contributed by atoms with Crippen molar-refractivity contribution in [3.05, 3.63) is 338 Å². The molecule has 12 nitrogen and oxygen atoms in total. The van der Waals surface area contributed by atoms with Gasteiger partial charge in [0.1, 0.15) is 6.15 Å². The third kappa shape index (κ3) is 19.1. The molecule has 15 heteroatoms. The Labute approximate surface area is 490 Å². The van der Waals surface area contributed by atoms with Gasteiger partial charge in [0.25, 0.3) is 0 Å². The summed E-state index contributed by atoms with van der Waals surface area (Å²) in [6.07, 6.45) is 12.5. The van der Waals surface area contributed by atoms with Crippen molar-refractivity contribution in [2.24, 2.45) is 0 Å². The maximum Gasteiger partial charge on any atom is 3.00 e. The van der Waals surface area contributed by atoms with E-state index in [1.807, 2.05) is 146 Å². The van der Waals surface area contributed by atoms with E-state index in [-0.39, 0.29) is 42.1 Å². The summed E-state index contributed by atoms with van der Waals surface area (Å²) in [5.41, 5.74) is 5.36. The van der Waals surface area contributed by atoms with Gasteiger partial charge in [-0.3, -0.25) is 0 Å². The molecule has 1 radical (unpaired) electrons.